The molecule has 6 nitrogen and oxygen atoms in total. The number of benzene rings is 1. The number of pyridine rings is 1. The van der Waals surface area contributed by atoms with Crippen LogP contribution < -0.4 is 5.32 Å². The van der Waals surface area contributed by atoms with Crippen molar-refractivity contribution in [2.45, 2.75) is 30.6 Å². The summed E-state index contributed by atoms with van der Waals surface area (Å²) in [7, 11) is 0. The van der Waals surface area contributed by atoms with Gasteiger partial charge in [-0.1, -0.05) is 53.7 Å². The Bertz CT molecular complexity index is 957. The van der Waals surface area contributed by atoms with Crippen molar-refractivity contribution in [3.63, 3.8) is 0 Å². The average molecular weight is 429 g/mol. The van der Waals surface area contributed by atoms with Crippen LogP contribution in [0.25, 0.3) is 11.3 Å². The van der Waals surface area contributed by atoms with Gasteiger partial charge in [0.15, 0.2) is 5.16 Å². The van der Waals surface area contributed by atoms with Crippen LogP contribution in [0.15, 0.2) is 60.0 Å². The van der Waals surface area contributed by atoms with E-state index in [9.17, 15) is 4.79 Å². The van der Waals surface area contributed by atoms with E-state index in [-0.39, 0.29) is 17.8 Å². The molecule has 1 N–H and O–H groups in total. The van der Waals surface area contributed by atoms with Gasteiger partial charge < -0.3 is 14.6 Å². The molecule has 0 saturated carbocycles. The first kappa shape index (κ1) is 19.9. The minimum atomic E-state index is -0.141. The summed E-state index contributed by atoms with van der Waals surface area (Å²) in [6.07, 6.45) is 5.67. The number of anilines is 1. The number of nitrogens with zero attached hydrogens (tertiary/aromatic N) is 3. The number of halogens is 1. The van der Waals surface area contributed by atoms with Crippen LogP contribution in [0.5, 0.6) is 0 Å². The lowest BCUT2D eigenvalue weighted by Crippen LogP contribution is -2.18. The lowest BCUT2D eigenvalue weighted by Gasteiger charge is -2.16. The topological polar surface area (TPSA) is 69.0 Å². The van der Waals surface area contributed by atoms with Crippen LogP contribution in [-0.2, 0) is 16.1 Å². The fourth-order valence-corrected chi connectivity index (χ4v) is 4.14. The molecule has 3 heterocycles. The summed E-state index contributed by atoms with van der Waals surface area (Å²) < 4.78 is 7.99. The lowest BCUT2D eigenvalue weighted by molar-refractivity contribution is -0.113. The molecule has 1 aliphatic heterocycles. The number of ether oxygens (including phenoxy) is 1. The maximum Gasteiger partial charge on any atom is 0.236 e. The van der Waals surface area contributed by atoms with E-state index in [4.69, 9.17) is 16.3 Å². The zero-order valence-corrected chi connectivity index (χ0v) is 17.3. The zero-order valence-electron chi connectivity index (χ0n) is 15.8. The van der Waals surface area contributed by atoms with Crippen molar-refractivity contribution < 1.29 is 9.53 Å². The van der Waals surface area contributed by atoms with Gasteiger partial charge in [0.25, 0.3) is 0 Å². The molecule has 8 heteroatoms. The normalized spacial score (nSPS) is 16.1. The zero-order chi connectivity index (χ0) is 20.1. The Kier molecular flexibility index (Phi) is 6.49. The van der Waals surface area contributed by atoms with E-state index < -0.39 is 0 Å². The Balaban J connectivity index is 1.47. The van der Waals surface area contributed by atoms with Crippen LogP contribution in [0.2, 0.25) is 5.02 Å². The molecule has 4 rings (SSSR count). The number of hydrogen-bond donors (Lipinski definition) is 1. The van der Waals surface area contributed by atoms with Crippen molar-refractivity contribution in [1.29, 1.82) is 0 Å². The first-order valence-corrected chi connectivity index (χ1v) is 10.8. The van der Waals surface area contributed by atoms with Crippen LogP contribution in [0, 0.1) is 0 Å². The van der Waals surface area contributed by atoms with Crippen molar-refractivity contribution in [2.75, 3.05) is 17.7 Å². The first-order chi connectivity index (χ1) is 14.2. The molecule has 1 fully saturated rings. The van der Waals surface area contributed by atoms with E-state index in [0.717, 1.165) is 42.4 Å². The number of carbonyl (C=O) groups excluding carboxylic acids is 1. The molecule has 0 spiro atoms. The third-order valence-corrected chi connectivity index (χ3v) is 5.84. The van der Waals surface area contributed by atoms with Gasteiger partial charge in [-0.25, -0.2) is 9.97 Å². The summed E-state index contributed by atoms with van der Waals surface area (Å²) in [5.74, 6) is 0.576. The van der Waals surface area contributed by atoms with E-state index in [1.54, 1.807) is 12.1 Å². The average Bonchev–Trinajstić information content (AvgIpc) is 3.39. The number of rotatable bonds is 7. The second kappa shape index (κ2) is 9.43. The molecule has 0 bridgehead atoms. The number of nitrogens with one attached hydrogen (secondary N) is 1. The maximum absolute atomic E-state index is 12.3. The summed E-state index contributed by atoms with van der Waals surface area (Å²) in [4.78, 5) is 21.0. The van der Waals surface area contributed by atoms with Crippen LogP contribution >= 0.6 is 23.4 Å². The van der Waals surface area contributed by atoms with E-state index in [1.165, 1.54) is 18.0 Å². The molecular weight excluding hydrogens is 408 g/mol. The molecule has 1 saturated heterocycles. The van der Waals surface area contributed by atoms with Crippen molar-refractivity contribution >= 4 is 35.1 Å². The Morgan fingerprint density at radius 2 is 2.07 bits per heavy atom. The Labute approximate surface area is 178 Å². The van der Waals surface area contributed by atoms with Gasteiger partial charge in [-0.15, -0.1) is 0 Å². The quantitative estimate of drug-likeness (QED) is 0.561. The van der Waals surface area contributed by atoms with Gasteiger partial charge in [0.1, 0.15) is 5.82 Å². The standard InChI is InChI=1S/C21H21ClN4O2S/c22-16-8-9-19(23-11-16)25-20(27)14-29-21-24-12-18(15-5-2-1-3-6-15)26(21)13-17-7-4-10-28-17/h1-3,5-6,8-9,11-12,17H,4,7,10,13-14H2,(H,23,25,27). The molecule has 1 aliphatic rings. The Morgan fingerprint density at radius 3 is 2.79 bits per heavy atom. The summed E-state index contributed by atoms with van der Waals surface area (Å²) in [6, 6.07) is 13.5. The molecule has 2 aromatic heterocycles. The van der Waals surface area contributed by atoms with Gasteiger partial charge in [0.2, 0.25) is 5.91 Å². The van der Waals surface area contributed by atoms with Gasteiger partial charge in [-0.05, 0) is 30.5 Å². The fraction of sp³-hybridized carbons (Fsp3) is 0.286. The Morgan fingerprint density at radius 1 is 1.21 bits per heavy atom. The minimum absolute atomic E-state index is 0.141. The number of imidazole rings is 1. The summed E-state index contributed by atoms with van der Waals surface area (Å²) in [6.45, 7) is 1.53. The van der Waals surface area contributed by atoms with E-state index >= 15 is 0 Å². The molecule has 1 atom stereocenters. The van der Waals surface area contributed by atoms with Crippen LogP contribution in [-0.4, -0.2) is 38.9 Å². The van der Waals surface area contributed by atoms with Gasteiger partial charge in [-0.2, -0.15) is 0 Å². The van der Waals surface area contributed by atoms with Crippen molar-refractivity contribution in [3.8, 4) is 11.3 Å². The first-order valence-electron chi connectivity index (χ1n) is 9.46. The lowest BCUT2D eigenvalue weighted by atomic mass is 10.1. The maximum atomic E-state index is 12.3. The smallest absolute Gasteiger partial charge is 0.236 e. The number of carbonyl (C=O) groups is 1. The van der Waals surface area contributed by atoms with E-state index in [2.05, 4.69) is 32.0 Å². The predicted molar refractivity (Wildman–Crippen MR) is 115 cm³/mol. The highest BCUT2D eigenvalue weighted by molar-refractivity contribution is 7.99. The van der Waals surface area contributed by atoms with Gasteiger partial charge >= 0.3 is 0 Å². The monoisotopic (exact) mass is 428 g/mol. The molecule has 1 unspecified atom stereocenters. The number of thioether (sulfide) groups is 1. The van der Waals surface area contributed by atoms with Crippen LogP contribution in [0.3, 0.4) is 0 Å². The predicted octanol–water partition coefficient (Wildman–Crippen LogP) is 4.51. The highest BCUT2D eigenvalue weighted by Gasteiger charge is 2.21. The SMILES string of the molecule is O=C(CSc1ncc(-c2ccccc2)n1CC1CCCO1)Nc1ccc(Cl)cn1. The molecule has 150 valence electrons. The van der Waals surface area contributed by atoms with Gasteiger partial charge in [-0.3, -0.25) is 4.79 Å². The Hall–Kier alpha value is -2.35. The molecular formula is C21H21ClN4O2S. The van der Waals surface area contributed by atoms with Gasteiger partial charge in [0.05, 0.1) is 35.3 Å². The van der Waals surface area contributed by atoms with Crippen molar-refractivity contribution in [1.82, 2.24) is 14.5 Å². The number of hydrogen-bond acceptors (Lipinski definition) is 5. The molecule has 0 radical (unpaired) electrons. The summed E-state index contributed by atoms with van der Waals surface area (Å²) in [5, 5.41) is 4.11. The largest absolute Gasteiger partial charge is 0.376 e. The molecule has 1 aromatic carbocycles. The van der Waals surface area contributed by atoms with Crippen LogP contribution in [0.1, 0.15) is 12.8 Å². The number of amides is 1. The fourth-order valence-electron chi connectivity index (χ4n) is 3.24. The molecule has 3 aromatic rings. The highest BCUT2D eigenvalue weighted by Crippen LogP contribution is 2.28. The van der Waals surface area contributed by atoms with Crippen LogP contribution in [0.4, 0.5) is 5.82 Å². The second-order valence-corrected chi connectivity index (χ2v) is 8.12. The molecule has 0 aliphatic carbocycles. The third kappa shape index (κ3) is 5.18. The minimum Gasteiger partial charge on any atom is -0.376 e. The second-order valence-electron chi connectivity index (χ2n) is 6.74. The molecule has 29 heavy (non-hydrogen) atoms. The summed E-state index contributed by atoms with van der Waals surface area (Å²) >= 11 is 7.24. The van der Waals surface area contributed by atoms with E-state index in [0.29, 0.717) is 10.8 Å². The third-order valence-electron chi connectivity index (χ3n) is 4.63. The van der Waals surface area contributed by atoms with Crippen molar-refractivity contribution in [2.24, 2.45) is 0 Å². The van der Waals surface area contributed by atoms with E-state index in [1.807, 2.05) is 24.4 Å². The van der Waals surface area contributed by atoms with Gasteiger partial charge in [0, 0.05) is 12.8 Å². The summed E-state index contributed by atoms with van der Waals surface area (Å²) in [5.41, 5.74) is 2.13. The number of aromatic nitrogens is 3. The molecule has 1 amide bonds. The van der Waals surface area contributed by atoms with Crippen molar-refractivity contribution in [3.05, 3.63) is 59.9 Å². The highest BCUT2D eigenvalue weighted by atomic mass is 35.5.